The first-order valence-electron chi connectivity index (χ1n) is 7.05. The molecule has 2 rings (SSSR count). The third kappa shape index (κ3) is 2.59. The van der Waals surface area contributed by atoms with Crippen LogP contribution in [0.2, 0.25) is 0 Å². The summed E-state index contributed by atoms with van der Waals surface area (Å²) in [6.45, 7) is 8.12. The topological polar surface area (TPSA) is 43.0 Å². The molecule has 0 aliphatic rings. The van der Waals surface area contributed by atoms with Crippen LogP contribution in [-0.4, -0.2) is 16.3 Å². The molecule has 0 spiro atoms. The fraction of sp³-hybridized carbons (Fsp3) is 0.533. The van der Waals surface area contributed by atoms with Gasteiger partial charge in [-0.15, -0.1) is 0 Å². The summed E-state index contributed by atoms with van der Waals surface area (Å²) in [5, 5.41) is 7.95. The minimum atomic E-state index is 0.764. The van der Waals surface area contributed by atoms with Gasteiger partial charge in [-0.05, 0) is 25.5 Å². The van der Waals surface area contributed by atoms with Crippen molar-refractivity contribution in [2.45, 2.75) is 40.2 Å². The highest BCUT2D eigenvalue weighted by Crippen LogP contribution is 2.31. The van der Waals surface area contributed by atoms with Crippen molar-refractivity contribution in [1.29, 1.82) is 0 Å². The van der Waals surface area contributed by atoms with Gasteiger partial charge in [-0.1, -0.05) is 20.8 Å². The molecule has 2 heterocycles. The number of rotatable bonds is 6. The Morgan fingerprint density at radius 1 is 1.26 bits per heavy atom. The number of hydrogen-bond acceptors (Lipinski definition) is 3. The molecule has 0 aliphatic heterocycles. The monoisotopic (exact) mass is 261 g/mol. The van der Waals surface area contributed by atoms with Gasteiger partial charge in [-0.25, -0.2) is 0 Å². The number of hydrogen-bond donors (Lipinski definition) is 1. The third-order valence-electron chi connectivity index (χ3n) is 3.46. The summed E-state index contributed by atoms with van der Waals surface area (Å²) in [6, 6.07) is 2.06. The first kappa shape index (κ1) is 13.9. The van der Waals surface area contributed by atoms with Crippen molar-refractivity contribution in [3.63, 3.8) is 0 Å². The van der Waals surface area contributed by atoms with E-state index in [4.69, 9.17) is 4.42 Å². The highest BCUT2D eigenvalue weighted by Gasteiger charge is 2.19. The highest BCUT2D eigenvalue weighted by atomic mass is 16.3. The zero-order valence-electron chi connectivity index (χ0n) is 12.3. The normalized spacial score (nSPS) is 11.2. The van der Waals surface area contributed by atoms with Gasteiger partial charge in [0.05, 0.1) is 18.5 Å². The van der Waals surface area contributed by atoms with Gasteiger partial charge in [-0.2, -0.15) is 5.10 Å². The first-order valence-corrected chi connectivity index (χ1v) is 7.05. The van der Waals surface area contributed by atoms with E-state index in [1.807, 2.05) is 11.7 Å². The van der Waals surface area contributed by atoms with Gasteiger partial charge in [0, 0.05) is 23.9 Å². The molecule has 19 heavy (non-hydrogen) atoms. The summed E-state index contributed by atoms with van der Waals surface area (Å²) in [5.74, 6) is 0.999. The van der Waals surface area contributed by atoms with Crippen molar-refractivity contribution < 1.29 is 4.42 Å². The maximum absolute atomic E-state index is 5.63. The van der Waals surface area contributed by atoms with E-state index in [-0.39, 0.29) is 0 Å². The smallest absolute Gasteiger partial charge is 0.125 e. The van der Waals surface area contributed by atoms with Crippen LogP contribution in [0.1, 0.15) is 37.9 Å². The molecule has 0 unspecified atom stereocenters. The lowest BCUT2D eigenvalue weighted by molar-refractivity contribution is 0.489. The van der Waals surface area contributed by atoms with Crippen LogP contribution in [0.4, 0.5) is 0 Å². The summed E-state index contributed by atoms with van der Waals surface area (Å²) in [4.78, 5) is 0. The Morgan fingerprint density at radius 2 is 2.05 bits per heavy atom. The Hall–Kier alpha value is -1.55. The number of aromatic nitrogens is 2. The molecule has 0 saturated heterocycles. The second kappa shape index (κ2) is 6.06. The van der Waals surface area contributed by atoms with Crippen LogP contribution in [0.15, 0.2) is 16.7 Å². The summed E-state index contributed by atoms with van der Waals surface area (Å²) in [5.41, 5.74) is 4.87. The van der Waals surface area contributed by atoms with Gasteiger partial charge in [-0.3, -0.25) is 4.68 Å². The van der Waals surface area contributed by atoms with Crippen molar-refractivity contribution in [2.24, 2.45) is 7.05 Å². The lowest BCUT2D eigenvalue weighted by Crippen LogP contribution is -2.11. The van der Waals surface area contributed by atoms with E-state index in [0.717, 1.165) is 37.4 Å². The third-order valence-corrected chi connectivity index (χ3v) is 3.46. The molecule has 104 valence electrons. The second-order valence-corrected chi connectivity index (χ2v) is 4.64. The molecular formula is C15H23N3O. The standard InChI is InChI=1S/C15H23N3O/c1-5-12-15(13(6-2)18(4)17-12)11-8-9-19-14(11)10-16-7-3/h8-9,16H,5-7,10H2,1-4H3. The van der Waals surface area contributed by atoms with Crippen LogP contribution in [0.5, 0.6) is 0 Å². The largest absolute Gasteiger partial charge is 0.467 e. The molecule has 0 amide bonds. The van der Waals surface area contributed by atoms with E-state index in [1.54, 1.807) is 6.26 Å². The van der Waals surface area contributed by atoms with Gasteiger partial charge in [0.25, 0.3) is 0 Å². The summed E-state index contributed by atoms with van der Waals surface area (Å²) < 4.78 is 7.63. The van der Waals surface area contributed by atoms with E-state index in [9.17, 15) is 0 Å². The molecule has 0 radical (unpaired) electrons. The Balaban J connectivity index is 2.48. The SMILES string of the molecule is CCNCc1occc1-c1c(CC)nn(C)c1CC. The molecule has 0 atom stereocenters. The Kier molecular flexibility index (Phi) is 4.43. The van der Waals surface area contributed by atoms with Gasteiger partial charge in [0.15, 0.2) is 0 Å². The van der Waals surface area contributed by atoms with Crippen molar-refractivity contribution in [2.75, 3.05) is 6.54 Å². The van der Waals surface area contributed by atoms with Crippen molar-refractivity contribution in [3.8, 4) is 11.1 Å². The second-order valence-electron chi connectivity index (χ2n) is 4.64. The van der Waals surface area contributed by atoms with Gasteiger partial charge in [0.1, 0.15) is 5.76 Å². The molecular weight excluding hydrogens is 238 g/mol. The fourth-order valence-electron chi connectivity index (χ4n) is 2.52. The minimum absolute atomic E-state index is 0.764. The van der Waals surface area contributed by atoms with E-state index in [1.165, 1.54) is 16.8 Å². The first-order chi connectivity index (χ1) is 9.22. The summed E-state index contributed by atoms with van der Waals surface area (Å²) in [6.07, 6.45) is 3.69. The maximum atomic E-state index is 5.63. The van der Waals surface area contributed by atoms with Crippen molar-refractivity contribution in [3.05, 3.63) is 29.5 Å². The predicted molar refractivity (Wildman–Crippen MR) is 77.0 cm³/mol. The Labute approximate surface area is 114 Å². The van der Waals surface area contributed by atoms with Gasteiger partial charge >= 0.3 is 0 Å². The number of furan rings is 1. The fourth-order valence-corrected chi connectivity index (χ4v) is 2.52. The highest BCUT2D eigenvalue weighted by molar-refractivity contribution is 5.70. The summed E-state index contributed by atoms with van der Waals surface area (Å²) >= 11 is 0. The average Bonchev–Trinajstić information content (AvgIpc) is 2.99. The lowest BCUT2D eigenvalue weighted by atomic mass is 10.0. The summed E-state index contributed by atoms with van der Waals surface area (Å²) in [7, 11) is 2.02. The van der Waals surface area contributed by atoms with E-state index >= 15 is 0 Å². The van der Waals surface area contributed by atoms with Crippen LogP contribution in [0.3, 0.4) is 0 Å². The zero-order valence-corrected chi connectivity index (χ0v) is 12.3. The molecule has 1 N–H and O–H groups in total. The molecule has 0 fully saturated rings. The van der Waals surface area contributed by atoms with E-state index in [0.29, 0.717) is 0 Å². The number of nitrogens with zero attached hydrogens (tertiary/aromatic N) is 2. The van der Waals surface area contributed by atoms with Crippen LogP contribution < -0.4 is 5.32 Å². The quantitative estimate of drug-likeness (QED) is 0.869. The number of nitrogens with one attached hydrogen (secondary N) is 1. The van der Waals surface area contributed by atoms with Crippen molar-refractivity contribution >= 4 is 0 Å². The number of aryl methyl sites for hydroxylation is 2. The van der Waals surface area contributed by atoms with Crippen molar-refractivity contribution in [1.82, 2.24) is 15.1 Å². The molecule has 2 aromatic rings. The van der Waals surface area contributed by atoms with Crippen LogP contribution >= 0.6 is 0 Å². The van der Waals surface area contributed by atoms with Crippen LogP contribution in [-0.2, 0) is 26.4 Å². The van der Waals surface area contributed by atoms with E-state index < -0.39 is 0 Å². The molecule has 2 aromatic heterocycles. The molecule has 0 aromatic carbocycles. The van der Waals surface area contributed by atoms with Gasteiger partial charge in [0.2, 0.25) is 0 Å². The Bertz CT molecular complexity index is 540. The average molecular weight is 261 g/mol. The van der Waals surface area contributed by atoms with Gasteiger partial charge < -0.3 is 9.73 Å². The molecule has 4 heteroatoms. The predicted octanol–water partition coefficient (Wildman–Crippen LogP) is 2.91. The molecule has 0 saturated carbocycles. The maximum Gasteiger partial charge on any atom is 0.125 e. The minimum Gasteiger partial charge on any atom is -0.467 e. The molecule has 0 aliphatic carbocycles. The lowest BCUT2D eigenvalue weighted by Gasteiger charge is -2.06. The van der Waals surface area contributed by atoms with Crippen LogP contribution in [0.25, 0.3) is 11.1 Å². The molecule has 0 bridgehead atoms. The molecule has 4 nitrogen and oxygen atoms in total. The van der Waals surface area contributed by atoms with E-state index in [2.05, 4.69) is 37.3 Å². The Morgan fingerprint density at radius 3 is 2.68 bits per heavy atom. The van der Waals surface area contributed by atoms with Crippen LogP contribution in [0, 0.1) is 0 Å². The zero-order chi connectivity index (χ0) is 13.8.